The molecule has 1 aliphatic heterocycles. The van der Waals surface area contributed by atoms with Crippen LogP contribution in [0.1, 0.15) is 35.7 Å². The van der Waals surface area contributed by atoms with Crippen LogP contribution in [0.25, 0.3) is 0 Å². The van der Waals surface area contributed by atoms with Gasteiger partial charge in [0.05, 0.1) is 4.99 Å². The number of hydrogen-bond donors (Lipinski definition) is 1. The van der Waals surface area contributed by atoms with Crippen molar-refractivity contribution in [2.75, 3.05) is 13.1 Å². The van der Waals surface area contributed by atoms with E-state index in [1.54, 1.807) is 0 Å². The van der Waals surface area contributed by atoms with Crippen LogP contribution in [0, 0.1) is 5.92 Å². The zero-order valence-corrected chi connectivity index (χ0v) is 12.1. The van der Waals surface area contributed by atoms with Gasteiger partial charge in [-0.1, -0.05) is 37.3 Å². The van der Waals surface area contributed by atoms with Crippen LogP contribution in [0.3, 0.4) is 0 Å². The summed E-state index contributed by atoms with van der Waals surface area (Å²) < 4.78 is 0. The molecule has 0 radical (unpaired) electrons. The maximum atomic E-state index is 12.5. The van der Waals surface area contributed by atoms with Gasteiger partial charge in [-0.15, -0.1) is 0 Å². The third-order valence-corrected chi connectivity index (χ3v) is 4.15. The van der Waals surface area contributed by atoms with Gasteiger partial charge in [-0.3, -0.25) is 4.79 Å². The van der Waals surface area contributed by atoms with Crippen molar-refractivity contribution in [1.82, 2.24) is 4.90 Å². The minimum absolute atomic E-state index is 0.138. The molecule has 1 saturated heterocycles. The van der Waals surface area contributed by atoms with E-state index in [0.29, 0.717) is 10.9 Å². The van der Waals surface area contributed by atoms with Crippen molar-refractivity contribution >= 4 is 23.1 Å². The van der Waals surface area contributed by atoms with Crippen molar-refractivity contribution in [1.29, 1.82) is 0 Å². The van der Waals surface area contributed by atoms with Crippen molar-refractivity contribution in [3.05, 3.63) is 35.4 Å². The maximum absolute atomic E-state index is 12.5. The van der Waals surface area contributed by atoms with Gasteiger partial charge >= 0.3 is 0 Å². The molecule has 1 amide bonds. The molecule has 0 unspecified atom stereocenters. The summed E-state index contributed by atoms with van der Waals surface area (Å²) in [4.78, 5) is 15.0. The Balaban J connectivity index is 2.07. The first kappa shape index (κ1) is 14.0. The van der Waals surface area contributed by atoms with E-state index >= 15 is 0 Å². The molecule has 3 nitrogen and oxygen atoms in total. The summed E-state index contributed by atoms with van der Waals surface area (Å²) in [6.07, 6.45) is 2.65. The summed E-state index contributed by atoms with van der Waals surface area (Å²) in [7, 11) is 0. The van der Waals surface area contributed by atoms with E-state index in [0.717, 1.165) is 43.5 Å². The minimum Gasteiger partial charge on any atom is -0.393 e. The molecule has 0 bridgehead atoms. The Morgan fingerprint density at radius 2 is 2.00 bits per heavy atom. The van der Waals surface area contributed by atoms with Crippen LogP contribution >= 0.6 is 12.2 Å². The molecule has 0 atom stereocenters. The van der Waals surface area contributed by atoms with Crippen LogP contribution < -0.4 is 5.73 Å². The highest BCUT2D eigenvalue weighted by molar-refractivity contribution is 7.80. The summed E-state index contributed by atoms with van der Waals surface area (Å²) in [6.45, 7) is 3.57. The molecular formula is C15H20N2OS. The van der Waals surface area contributed by atoms with Gasteiger partial charge in [0.2, 0.25) is 0 Å². The highest BCUT2D eigenvalue weighted by Gasteiger charge is 2.25. The van der Waals surface area contributed by atoms with Crippen LogP contribution in [0.15, 0.2) is 24.3 Å². The second kappa shape index (κ2) is 6.15. The van der Waals surface area contributed by atoms with E-state index in [9.17, 15) is 4.79 Å². The molecule has 1 aromatic carbocycles. The zero-order chi connectivity index (χ0) is 13.8. The number of piperidine rings is 1. The SMILES string of the molecule is CCc1ccccc1C(=O)N1CCC(C(N)=S)CC1. The van der Waals surface area contributed by atoms with Crippen molar-refractivity contribution in [3.63, 3.8) is 0 Å². The largest absolute Gasteiger partial charge is 0.393 e. The predicted molar refractivity (Wildman–Crippen MR) is 81.2 cm³/mol. The van der Waals surface area contributed by atoms with Gasteiger partial charge in [0.1, 0.15) is 0 Å². The molecule has 1 fully saturated rings. The number of rotatable bonds is 3. The number of likely N-dealkylation sites (tertiary alicyclic amines) is 1. The molecule has 1 aromatic rings. The van der Waals surface area contributed by atoms with E-state index in [1.807, 2.05) is 29.2 Å². The number of thiocarbonyl (C=S) groups is 1. The molecule has 19 heavy (non-hydrogen) atoms. The lowest BCUT2D eigenvalue weighted by Gasteiger charge is -2.32. The van der Waals surface area contributed by atoms with Crippen molar-refractivity contribution in [3.8, 4) is 0 Å². The molecule has 1 aliphatic rings. The van der Waals surface area contributed by atoms with Gasteiger partial charge in [0, 0.05) is 24.6 Å². The summed E-state index contributed by atoms with van der Waals surface area (Å²) in [5.41, 5.74) is 7.62. The molecule has 2 N–H and O–H groups in total. The molecule has 4 heteroatoms. The highest BCUT2D eigenvalue weighted by Crippen LogP contribution is 2.20. The average molecular weight is 276 g/mol. The monoisotopic (exact) mass is 276 g/mol. The molecule has 102 valence electrons. The maximum Gasteiger partial charge on any atom is 0.254 e. The second-order valence-corrected chi connectivity index (χ2v) is 5.45. The van der Waals surface area contributed by atoms with Crippen molar-refractivity contribution in [2.45, 2.75) is 26.2 Å². The number of benzene rings is 1. The fraction of sp³-hybridized carbons (Fsp3) is 0.467. The number of carbonyl (C=O) groups excluding carboxylic acids is 1. The minimum atomic E-state index is 0.138. The topological polar surface area (TPSA) is 46.3 Å². The number of nitrogens with zero attached hydrogens (tertiary/aromatic N) is 1. The van der Waals surface area contributed by atoms with Crippen LogP contribution in [0.5, 0.6) is 0 Å². The van der Waals surface area contributed by atoms with E-state index < -0.39 is 0 Å². The van der Waals surface area contributed by atoms with Gasteiger partial charge in [0.15, 0.2) is 0 Å². The summed E-state index contributed by atoms with van der Waals surface area (Å²) >= 11 is 5.03. The first-order valence-electron chi connectivity index (χ1n) is 6.80. The predicted octanol–water partition coefficient (Wildman–Crippen LogP) is 2.39. The van der Waals surface area contributed by atoms with Crippen LogP contribution in [-0.4, -0.2) is 28.9 Å². The number of amides is 1. The Morgan fingerprint density at radius 1 is 1.37 bits per heavy atom. The number of nitrogens with two attached hydrogens (primary N) is 1. The molecule has 0 aliphatic carbocycles. The Morgan fingerprint density at radius 3 is 2.58 bits per heavy atom. The van der Waals surface area contributed by atoms with E-state index in [1.165, 1.54) is 0 Å². The first-order valence-corrected chi connectivity index (χ1v) is 7.20. The molecule has 0 spiro atoms. The molecule has 2 rings (SSSR count). The lowest BCUT2D eigenvalue weighted by Crippen LogP contribution is -2.41. The number of hydrogen-bond acceptors (Lipinski definition) is 2. The normalized spacial score (nSPS) is 16.4. The fourth-order valence-corrected chi connectivity index (χ4v) is 2.81. The van der Waals surface area contributed by atoms with E-state index in [-0.39, 0.29) is 5.91 Å². The Labute approximate surface area is 119 Å². The van der Waals surface area contributed by atoms with Crippen molar-refractivity contribution < 1.29 is 4.79 Å². The average Bonchev–Trinajstić information content (AvgIpc) is 2.46. The second-order valence-electron chi connectivity index (χ2n) is 4.98. The smallest absolute Gasteiger partial charge is 0.254 e. The Hall–Kier alpha value is -1.42. The quantitative estimate of drug-likeness (QED) is 0.862. The molecule has 1 heterocycles. The highest BCUT2D eigenvalue weighted by atomic mass is 32.1. The van der Waals surface area contributed by atoms with Crippen LogP contribution in [0.2, 0.25) is 0 Å². The van der Waals surface area contributed by atoms with Gasteiger partial charge in [-0.2, -0.15) is 0 Å². The Kier molecular flexibility index (Phi) is 4.53. The fourth-order valence-electron chi connectivity index (χ4n) is 2.57. The van der Waals surface area contributed by atoms with Gasteiger partial charge in [-0.05, 0) is 30.9 Å². The van der Waals surface area contributed by atoms with Crippen LogP contribution in [0.4, 0.5) is 0 Å². The van der Waals surface area contributed by atoms with Gasteiger partial charge in [0.25, 0.3) is 5.91 Å². The van der Waals surface area contributed by atoms with Gasteiger partial charge < -0.3 is 10.6 Å². The molecular weight excluding hydrogens is 256 g/mol. The van der Waals surface area contributed by atoms with E-state index in [2.05, 4.69) is 6.92 Å². The summed E-state index contributed by atoms with van der Waals surface area (Å²) in [6, 6.07) is 7.85. The standard InChI is InChI=1S/C15H20N2OS/c1-2-11-5-3-4-6-13(11)15(18)17-9-7-12(8-10-17)14(16)19/h3-6,12H,2,7-10H2,1H3,(H2,16,19). The lowest BCUT2D eigenvalue weighted by atomic mass is 9.95. The summed E-state index contributed by atoms with van der Waals surface area (Å²) in [5, 5.41) is 0. The lowest BCUT2D eigenvalue weighted by molar-refractivity contribution is 0.0709. The number of aryl methyl sites for hydroxylation is 1. The van der Waals surface area contributed by atoms with E-state index in [4.69, 9.17) is 18.0 Å². The molecule has 0 aromatic heterocycles. The van der Waals surface area contributed by atoms with Gasteiger partial charge in [-0.25, -0.2) is 0 Å². The Bertz CT molecular complexity index is 479. The third kappa shape index (κ3) is 3.13. The number of carbonyl (C=O) groups is 1. The van der Waals surface area contributed by atoms with Crippen molar-refractivity contribution in [2.24, 2.45) is 11.7 Å². The summed E-state index contributed by atoms with van der Waals surface area (Å²) in [5.74, 6) is 0.430. The third-order valence-electron chi connectivity index (χ3n) is 3.81. The molecule has 0 saturated carbocycles. The zero-order valence-electron chi connectivity index (χ0n) is 11.3. The first-order chi connectivity index (χ1) is 9.13. The van der Waals surface area contributed by atoms with Crippen LogP contribution in [-0.2, 0) is 6.42 Å².